The summed E-state index contributed by atoms with van der Waals surface area (Å²) >= 11 is 1.73. The minimum atomic E-state index is 0.164. The highest BCUT2D eigenvalue weighted by atomic mass is 32.2. The van der Waals surface area contributed by atoms with Crippen molar-refractivity contribution in [3.05, 3.63) is 65.2 Å². The van der Waals surface area contributed by atoms with Crippen LogP contribution in [0.5, 0.6) is 5.75 Å². The van der Waals surface area contributed by atoms with Crippen molar-refractivity contribution in [1.29, 1.82) is 0 Å². The second kappa shape index (κ2) is 5.59. The molecule has 0 fully saturated rings. The zero-order valence-corrected chi connectivity index (χ0v) is 12.3. The van der Waals surface area contributed by atoms with Crippen LogP contribution in [0, 0.1) is 6.92 Å². The molecule has 0 amide bonds. The summed E-state index contributed by atoms with van der Waals surface area (Å²) in [5, 5.41) is 5.63. The van der Waals surface area contributed by atoms with Crippen LogP contribution in [0.25, 0.3) is 0 Å². The zero-order valence-electron chi connectivity index (χ0n) is 11.5. The molecule has 20 heavy (non-hydrogen) atoms. The van der Waals surface area contributed by atoms with Gasteiger partial charge >= 0.3 is 0 Å². The molecule has 1 aliphatic heterocycles. The monoisotopic (exact) mass is 284 g/mol. The number of thioether (sulfide) groups is 1. The Morgan fingerprint density at radius 1 is 1.05 bits per heavy atom. The molecule has 3 nitrogen and oxygen atoms in total. The third-order valence-electron chi connectivity index (χ3n) is 3.23. The number of methoxy groups -OCH3 is 1. The predicted octanol–water partition coefficient (Wildman–Crippen LogP) is 3.70. The average Bonchev–Trinajstić information content (AvgIpc) is 2.98. The summed E-state index contributed by atoms with van der Waals surface area (Å²) in [4.78, 5) is 0. The molecule has 0 radical (unpaired) electrons. The standard InChI is InChI=1S/C16H16N2OS/c1-11-3-5-12(6-4-11)15-17-18-16(20-15)13-7-9-14(19-2)10-8-13/h3-10,16,18H,1-2H3/t16-/m1/s1. The van der Waals surface area contributed by atoms with Gasteiger partial charge in [0.05, 0.1) is 7.11 Å². The van der Waals surface area contributed by atoms with Crippen LogP contribution < -0.4 is 10.2 Å². The van der Waals surface area contributed by atoms with Crippen LogP contribution in [0.15, 0.2) is 53.6 Å². The van der Waals surface area contributed by atoms with Crippen molar-refractivity contribution < 1.29 is 4.74 Å². The van der Waals surface area contributed by atoms with E-state index in [1.54, 1.807) is 18.9 Å². The van der Waals surface area contributed by atoms with Crippen molar-refractivity contribution in [2.45, 2.75) is 12.3 Å². The molecule has 0 saturated carbocycles. The lowest BCUT2D eigenvalue weighted by Crippen LogP contribution is -2.06. The minimum Gasteiger partial charge on any atom is -0.497 e. The fourth-order valence-electron chi connectivity index (χ4n) is 2.03. The SMILES string of the molecule is COc1ccc([C@@H]2NN=C(c3ccc(C)cc3)S2)cc1. The van der Waals surface area contributed by atoms with E-state index in [2.05, 4.69) is 53.8 Å². The summed E-state index contributed by atoms with van der Waals surface area (Å²) in [6.45, 7) is 2.09. The van der Waals surface area contributed by atoms with Gasteiger partial charge in [0.15, 0.2) is 0 Å². The highest BCUT2D eigenvalue weighted by molar-refractivity contribution is 8.14. The number of rotatable bonds is 3. The lowest BCUT2D eigenvalue weighted by Gasteiger charge is -2.10. The van der Waals surface area contributed by atoms with Crippen LogP contribution in [-0.4, -0.2) is 12.2 Å². The number of aryl methyl sites for hydroxylation is 1. The van der Waals surface area contributed by atoms with Crippen LogP contribution >= 0.6 is 11.8 Å². The summed E-state index contributed by atoms with van der Waals surface area (Å²) in [5.41, 5.74) is 6.80. The Kier molecular flexibility index (Phi) is 3.65. The number of hydrogen-bond donors (Lipinski definition) is 1. The molecule has 4 heteroatoms. The van der Waals surface area contributed by atoms with Gasteiger partial charge in [0.1, 0.15) is 16.2 Å². The molecule has 0 spiro atoms. The first-order valence-electron chi connectivity index (χ1n) is 6.47. The van der Waals surface area contributed by atoms with Gasteiger partial charge in [0.25, 0.3) is 0 Å². The molecule has 2 aromatic rings. The molecule has 1 heterocycles. The highest BCUT2D eigenvalue weighted by Gasteiger charge is 2.21. The molecule has 0 aromatic heterocycles. The number of hydrogen-bond acceptors (Lipinski definition) is 4. The van der Waals surface area contributed by atoms with E-state index in [0.717, 1.165) is 16.4 Å². The number of ether oxygens (including phenoxy) is 1. The normalized spacial score (nSPS) is 17.5. The van der Waals surface area contributed by atoms with Gasteiger partial charge in [0, 0.05) is 5.56 Å². The summed E-state index contributed by atoms with van der Waals surface area (Å²) in [6, 6.07) is 16.5. The van der Waals surface area contributed by atoms with E-state index in [1.807, 2.05) is 12.1 Å². The average molecular weight is 284 g/mol. The molecule has 0 aliphatic carbocycles. The van der Waals surface area contributed by atoms with E-state index in [9.17, 15) is 0 Å². The quantitative estimate of drug-likeness (QED) is 0.933. The van der Waals surface area contributed by atoms with E-state index in [0.29, 0.717) is 0 Å². The first kappa shape index (κ1) is 13.1. The van der Waals surface area contributed by atoms with Gasteiger partial charge in [-0.3, -0.25) is 5.43 Å². The molecule has 0 saturated heterocycles. The molecule has 1 aliphatic rings. The summed E-state index contributed by atoms with van der Waals surface area (Å²) in [5.74, 6) is 0.872. The van der Waals surface area contributed by atoms with Crippen LogP contribution in [0.2, 0.25) is 0 Å². The lowest BCUT2D eigenvalue weighted by molar-refractivity contribution is 0.414. The number of nitrogens with zero attached hydrogens (tertiary/aromatic N) is 1. The summed E-state index contributed by atoms with van der Waals surface area (Å²) in [6.07, 6.45) is 0. The second-order valence-electron chi connectivity index (χ2n) is 4.68. The lowest BCUT2D eigenvalue weighted by atomic mass is 10.2. The van der Waals surface area contributed by atoms with E-state index in [1.165, 1.54) is 11.1 Å². The van der Waals surface area contributed by atoms with Gasteiger partial charge in [-0.15, -0.1) is 0 Å². The Bertz CT molecular complexity index is 620. The first-order chi connectivity index (χ1) is 9.76. The molecular formula is C16H16N2OS. The molecule has 1 N–H and O–H groups in total. The Labute approximate surface area is 123 Å². The Morgan fingerprint density at radius 3 is 2.40 bits per heavy atom. The molecule has 0 bridgehead atoms. The van der Waals surface area contributed by atoms with E-state index in [-0.39, 0.29) is 5.37 Å². The maximum absolute atomic E-state index is 5.18. The van der Waals surface area contributed by atoms with Gasteiger partial charge in [0.2, 0.25) is 0 Å². The molecule has 1 atom stereocenters. The zero-order chi connectivity index (χ0) is 13.9. The minimum absolute atomic E-state index is 0.164. The number of hydrazone groups is 1. The topological polar surface area (TPSA) is 33.6 Å². The van der Waals surface area contributed by atoms with Gasteiger partial charge < -0.3 is 4.74 Å². The Hall–Kier alpha value is -1.94. The second-order valence-corrected chi connectivity index (χ2v) is 5.78. The van der Waals surface area contributed by atoms with Crippen LogP contribution in [0.4, 0.5) is 0 Å². The number of nitrogens with one attached hydrogen (secondary N) is 1. The van der Waals surface area contributed by atoms with Crippen LogP contribution in [0.1, 0.15) is 22.1 Å². The molecule has 3 rings (SSSR count). The highest BCUT2D eigenvalue weighted by Crippen LogP contribution is 2.34. The fraction of sp³-hybridized carbons (Fsp3) is 0.188. The largest absolute Gasteiger partial charge is 0.497 e. The van der Waals surface area contributed by atoms with Gasteiger partial charge in [-0.25, -0.2) is 0 Å². The Balaban J connectivity index is 1.73. The first-order valence-corrected chi connectivity index (χ1v) is 7.35. The van der Waals surface area contributed by atoms with Crippen molar-refractivity contribution in [3.8, 4) is 5.75 Å². The van der Waals surface area contributed by atoms with Gasteiger partial charge in [-0.1, -0.05) is 53.7 Å². The van der Waals surface area contributed by atoms with Crippen molar-refractivity contribution in [1.82, 2.24) is 5.43 Å². The van der Waals surface area contributed by atoms with Crippen molar-refractivity contribution >= 4 is 16.8 Å². The molecule has 102 valence electrons. The van der Waals surface area contributed by atoms with Gasteiger partial charge in [-0.2, -0.15) is 5.10 Å². The van der Waals surface area contributed by atoms with Crippen molar-refractivity contribution in [3.63, 3.8) is 0 Å². The Morgan fingerprint density at radius 2 is 1.75 bits per heavy atom. The number of benzene rings is 2. The van der Waals surface area contributed by atoms with Crippen LogP contribution in [-0.2, 0) is 0 Å². The summed E-state index contributed by atoms with van der Waals surface area (Å²) < 4.78 is 5.18. The molecule has 2 aromatic carbocycles. The predicted molar refractivity (Wildman–Crippen MR) is 84.2 cm³/mol. The maximum atomic E-state index is 5.18. The molecular weight excluding hydrogens is 268 g/mol. The van der Waals surface area contributed by atoms with Crippen molar-refractivity contribution in [2.24, 2.45) is 5.10 Å². The van der Waals surface area contributed by atoms with E-state index in [4.69, 9.17) is 4.74 Å². The van der Waals surface area contributed by atoms with E-state index < -0.39 is 0 Å². The third kappa shape index (κ3) is 2.65. The maximum Gasteiger partial charge on any atom is 0.126 e. The van der Waals surface area contributed by atoms with Crippen LogP contribution in [0.3, 0.4) is 0 Å². The smallest absolute Gasteiger partial charge is 0.126 e. The van der Waals surface area contributed by atoms with E-state index >= 15 is 0 Å². The van der Waals surface area contributed by atoms with Gasteiger partial charge in [-0.05, 0) is 24.6 Å². The third-order valence-corrected chi connectivity index (χ3v) is 4.39. The summed E-state index contributed by atoms with van der Waals surface area (Å²) in [7, 11) is 1.68. The molecule has 0 unspecified atom stereocenters. The fourth-order valence-corrected chi connectivity index (χ4v) is 3.03. The van der Waals surface area contributed by atoms with Crippen molar-refractivity contribution in [2.75, 3.05) is 7.11 Å².